The number of unbranched alkanes of at least 4 members (excludes halogenated alkanes) is 28. The molecule has 0 saturated heterocycles. The van der Waals surface area contributed by atoms with E-state index in [1.54, 1.807) is 0 Å². The Kier molecular flexibility index (Phi) is 65.3. The van der Waals surface area contributed by atoms with E-state index in [1.807, 2.05) is 0 Å². The van der Waals surface area contributed by atoms with Gasteiger partial charge in [0.05, 0.1) is 0 Å². The third-order valence-corrected chi connectivity index (χ3v) is 14.4. The summed E-state index contributed by atoms with van der Waals surface area (Å²) in [6, 6.07) is 0. The van der Waals surface area contributed by atoms with Crippen molar-refractivity contribution in [1.29, 1.82) is 0 Å². The molecule has 0 bridgehead atoms. The van der Waals surface area contributed by atoms with Gasteiger partial charge in [0.25, 0.3) is 0 Å². The van der Waals surface area contributed by atoms with Crippen molar-refractivity contribution < 1.29 is 28.6 Å². The maximum Gasteiger partial charge on any atom is 0.306 e. The fourth-order valence-electron chi connectivity index (χ4n) is 9.32. The Hall–Kier alpha value is -4.45. The third kappa shape index (κ3) is 66.4. The van der Waals surface area contributed by atoms with Crippen LogP contribution in [0.2, 0.25) is 0 Å². The normalized spacial score (nSPS) is 13.0. The molecule has 6 heteroatoms. The Morgan fingerprint density at radius 2 is 0.476 bits per heavy atom. The van der Waals surface area contributed by atoms with Gasteiger partial charge in [0.15, 0.2) is 6.10 Å². The molecule has 0 aromatic heterocycles. The zero-order valence-electron chi connectivity index (χ0n) is 53.5. The fraction of sp³-hybridized carbons (Fsp3) is 0.671. The van der Waals surface area contributed by atoms with E-state index in [-0.39, 0.29) is 31.1 Å². The van der Waals surface area contributed by atoms with Crippen molar-refractivity contribution in [1.82, 2.24) is 0 Å². The molecule has 0 aromatic carbocycles. The van der Waals surface area contributed by atoms with Crippen LogP contribution in [-0.4, -0.2) is 37.2 Å². The van der Waals surface area contributed by atoms with Crippen molar-refractivity contribution >= 4 is 17.9 Å². The summed E-state index contributed by atoms with van der Waals surface area (Å²) in [5.74, 6) is -0.906. The molecule has 0 aliphatic heterocycles. The van der Waals surface area contributed by atoms with Gasteiger partial charge in [-0.05, 0) is 135 Å². The third-order valence-electron chi connectivity index (χ3n) is 14.4. The molecule has 0 N–H and O–H groups in total. The average Bonchev–Trinajstić information content (AvgIpc) is 3.47. The number of hydrogen-bond donors (Lipinski definition) is 0. The van der Waals surface area contributed by atoms with E-state index in [9.17, 15) is 14.4 Å². The van der Waals surface area contributed by atoms with Gasteiger partial charge in [-0.1, -0.05) is 289 Å². The minimum absolute atomic E-state index is 0.0880. The average molecular weight is 1140 g/mol. The lowest BCUT2D eigenvalue weighted by molar-refractivity contribution is -0.167. The van der Waals surface area contributed by atoms with Crippen LogP contribution < -0.4 is 0 Å². The number of hydrogen-bond acceptors (Lipinski definition) is 6. The SMILES string of the molecule is CC/C=C\C/C=C\C/C=C\C/C=C\C/C=C\C/C=C\CCCCCCCCCCCCCCCCC(=O)OCC(COC(=O)CCCCCCC/C=C\CCCCC)OC(=O)CCCCCCCC/C=C\C/C=C\C/C=C\C/C=C\CC. The Morgan fingerprint density at radius 3 is 0.756 bits per heavy atom. The summed E-state index contributed by atoms with van der Waals surface area (Å²) in [5, 5.41) is 0. The molecule has 0 spiro atoms. The summed E-state index contributed by atoms with van der Waals surface area (Å²) in [5.41, 5.74) is 0. The van der Waals surface area contributed by atoms with Crippen molar-refractivity contribution in [2.45, 2.75) is 316 Å². The second kappa shape index (κ2) is 69.0. The second-order valence-corrected chi connectivity index (χ2v) is 22.3. The summed E-state index contributed by atoms with van der Waals surface area (Å²) in [4.78, 5) is 38.3. The molecule has 0 rings (SSSR count). The lowest BCUT2D eigenvalue weighted by Crippen LogP contribution is -2.30. The molecule has 466 valence electrons. The number of allylic oxidation sites excluding steroid dienone is 22. The molecule has 0 aliphatic rings. The van der Waals surface area contributed by atoms with Crippen molar-refractivity contribution in [2.24, 2.45) is 0 Å². The Labute approximate surface area is 506 Å². The highest BCUT2D eigenvalue weighted by Gasteiger charge is 2.19. The van der Waals surface area contributed by atoms with Crippen LogP contribution in [0, 0.1) is 0 Å². The van der Waals surface area contributed by atoms with Gasteiger partial charge >= 0.3 is 17.9 Å². The first kappa shape index (κ1) is 77.5. The quantitative estimate of drug-likeness (QED) is 0.0261. The smallest absolute Gasteiger partial charge is 0.306 e. The fourth-order valence-corrected chi connectivity index (χ4v) is 9.32. The minimum Gasteiger partial charge on any atom is -0.462 e. The van der Waals surface area contributed by atoms with Gasteiger partial charge in [-0.2, -0.15) is 0 Å². The summed E-state index contributed by atoms with van der Waals surface area (Å²) in [7, 11) is 0. The van der Waals surface area contributed by atoms with Gasteiger partial charge in [0.2, 0.25) is 0 Å². The highest BCUT2D eigenvalue weighted by Crippen LogP contribution is 2.16. The molecular formula is C76H126O6. The summed E-state index contributed by atoms with van der Waals surface area (Å²) in [6.45, 7) is 6.39. The van der Waals surface area contributed by atoms with E-state index in [0.29, 0.717) is 19.3 Å². The maximum absolute atomic E-state index is 12.9. The molecule has 0 saturated carbocycles. The lowest BCUT2D eigenvalue weighted by Gasteiger charge is -2.18. The number of rotatable bonds is 61. The number of esters is 3. The summed E-state index contributed by atoms with van der Waals surface area (Å²) >= 11 is 0. The van der Waals surface area contributed by atoms with Gasteiger partial charge in [0.1, 0.15) is 13.2 Å². The predicted molar refractivity (Wildman–Crippen MR) is 357 cm³/mol. The van der Waals surface area contributed by atoms with Crippen LogP contribution in [0.4, 0.5) is 0 Å². The highest BCUT2D eigenvalue weighted by molar-refractivity contribution is 5.71. The summed E-state index contributed by atoms with van der Waals surface area (Å²) in [6.07, 6.45) is 97.6. The van der Waals surface area contributed by atoms with E-state index in [4.69, 9.17) is 14.2 Å². The minimum atomic E-state index is -0.793. The molecule has 6 nitrogen and oxygen atoms in total. The highest BCUT2D eigenvalue weighted by atomic mass is 16.6. The van der Waals surface area contributed by atoms with Crippen molar-refractivity contribution in [3.63, 3.8) is 0 Å². The van der Waals surface area contributed by atoms with E-state index < -0.39 is 6.10 Å². The van der Waals surface area contributed by atoms with Crippen LogP contribution in [0.15, 0.2) is 134 Å². The zero-order chi connectivity index (χ0) is 59.2. The predicted octanol–water partition coefficient (Wildman–Crippen LogP) is 23.7. The first-order chi connectivity index (χ1) is 40.5. The van der Waals surface area contributed by atoms with Crippen molar-refractivity contribution in [3.05, 3.63) is 134 Å². The van der Waals surface area contributed by atoms with Crippen LogP contribution in [-0.2, 0) is 28.6 Å². The molecule has 0 fully saturated rings. The van der Waals surface area contributed by atoms with Crippen LogP contribution in [0.5, 0.6) is 0 Å². The number of carbonyl (C=O) groups is 3. The number of ether oxygens (including phenoxy) is 3. The van der Waals surface area contributed by atoms with Gasteiger partial charge in [-0.25, -0.2) is 0 Å². The lowest BCUT2D eigenvalue weighted by atomic mass is 10.0. The van der Waals surface area contributed by atoms with Crippen molar-refractivity contribution in [2.75, 3.05) is 13.2 Å². The molecule has 0 aromatic rings. The molecule has 0 heterocycles. The van der Waals surface area contributed by atoms with E-state index >= 15 is 0 Å². The van der Waals surface area contributed by atoms with Crippen molar-refractivity contribution in [3.8, 4) is 0 Å². The summed E-state index contributed by atoms with van der Waals surface area (Å²) < 4.78 is 16.9. The Bertz CT molecular complexity index is 1730. The van der Waals surface area contributed by atoms with Gasteiger partial charge in [-0.15, -0.1) is 0 Å². The molecule has 1 atom stereocenters. The van der Waals surface area contributed by atoms with E-state index in [1.165, 1.54) is 128 Å². The molecule has 0 amide bonds. The Balaban J connectivity index is 4.23. The van der Waals surface area contributed by atoms with Gasteiger partial charge in [-0.3, -0.25) is 14.4 Å². The zero-order valence-corrected chi connectivity index (χ0v) is 53.5. The van der Waals surface area contributed by atoms with Gasteiger partial charge < -0.3 is 14.2 Å². The van der Waals surface area contributed by atoms with Gasteiger partial charge in [0, 0.05) is 19.3 Å². The topological polar surface area (TPSA) is 78.9 Å². The molecule has 0 aliphatic carbocycles. The maximum atomic E-state index is 12.9. The van der Waals surface area contributed by atoms with Crippen LogP contribution >= 0.6 is 0 Å². The van der Waals surface area contributed by atoms with Crippen LogP contribution in [0.3, 0.4) is 0 Å². The first-order valence-corrected chi connectivity index (χ1v) is 34.2. The van der Waals surface area contributed by atoms with Crippen LogP contribution in [0.1, 0.15) is 310 Å². The van der Waals surface area contributed by atoms with E-state index in [2.05, 4.69) is 154 Å². The first-order valence-electron chi connectivity index (χ1n) is 34.2. The van der Waals surface area contributed by atoms with E-state index in [0.717, 1.165) is 141 Å². The molecule has 1 unspecified atom stereocenters. The standard InChI is InChI=1S/C76H126O6/c1-4-7-10-13-16-19-22-25-27-29-31-32-33-34-35-36-37-38-39-40-41-42-43-44-46-47-49-51-54-57-60-63-66-69-75(78)81-72-73(71-80-74(77)68-65-62-59-56-53-24-21-18-15-12-9-6-3)82-76(79)70-67-64-61-58-55-52-50-48-45-30-28-26-23-20-17-14-11-8-5-2/h7-8,10-11,16-21,25-28,31-32,34-35,37-38,45,48,73H,4-6,9,12-15,22-24,29-30,33,36,39-44,46-47,49-72H2,1-3H3/b10-7-,11-8-,19-16-,20-17-,21-18-,27-25-,28-26-,32-31-,35-34-,38-37-,48-45-. The molecular weight excluding hydrogens is 1010 g/mol. The molecule has 82 heavy (non-hydrogen) atoms. The molecule has 0 radical (unpaired) electrons. The second-order valence-electron chi connectivity index (χ2n) is 22.3. The van der Waals surface area contributed by atoms with Crippen LogP contribution in [0.25, 0.3) is 0 Å². The monoisotopic (exact) mass is 1130 g/mol. The Morgan fingerprint density at radius 1 is 0.256 bits per heavy atom. The largest absolute Gasteiger partial charge is 0.462 e. The number of carbonyl (C=O) groups excluding carboxylic acids is 3.